The lowest BCUT2D eigenvalue weighted by Crippen LogP contribution is -1.71. The van der Waals surface area contributed by atoms with E-state index in [-0.39, 0.29) is 5.76 Å². The van der Waals surface area contributed by atoms with Gasteiger partial charge in [0.2, 0.25) is 0 Å². The van der Waals surface area contributed by atoms with Crippen LogP contribution in [0.25, 0.3) is 0 Å². The van der Waals surface area contributed by atoms with Crippen molar-refractivity contribution >= 4 is 6.72 Å². The zero-order valence-electron chi connectivity index (χ0n) is 4.39. The highest BCUT2D eigenvalue weighted by Gasteiger charge is 1.79. The van der Waals surface area contributed by atoms with Gasteiger partial charge in [0.25, 0.3) is 0 Å². The second kappa shape index (κ2) is 3.40. The van der Waals surface area contributed by atoms with Gasteiger partial charge >= 0.3 is 0 Å². The van der Waals surface area contributed by atoms with Gasteiger partial charge in [0, 0.05) is 6.42 Å². The highest BCUT2D eigenvalue weighted by atomic mass is 16.3. The Kier molecular flexibility index (Phi) is 3.02. The van der Waals surface area contributed by atoms with Gasteiger partial charge in [-0.2, -0.15) is 0 Å². The van der Waals surface area contributed by atoms with Crippen LogP contribution >= 0.6 is 0 Å². The van der Waals surface area contributed by atoms with E-state index in [2.05, 4.69) is 11.7 Å². The molecule has 0 fully saturated rings. The molecule has 0 unspecified atom stereocenters. The van der Waals surface area contributed by atoms with Crippen LogP contribution in [0, 0.1) is 0 Å². The number of nitrogens with zero attached hydrogens (tertiary/aromatic N) is 1. The predicted octanol–water partition coefficient (Wildman–Crippen LogP) is 1.50. The zero-order valence-corrected chi connectivity index (χ0v) is 4.39. The van der Waals surface area contributed by atoms with Gasteiger partial charge in [-0.05, 0) is 6.72 Å². The van der Waals surface area contributed by atoms with Gasteiger partial charge in [-0.25, -0.2) is 0 Å². The standard InChI is InChI=1S/C5H9NO/c1-3-5(7)4-6-2/h4,7H,2-3H2,1H3/b5-4+. The Hall–Kier alpha value is -0.790. The van der Waals surface area contributed by atoms with Gasteiger partial charge in [-0.3, -0.25) is 4.99 Å². The fourth-order valence-electron chi connectivity index (χ4n) is 0.197. The second-order valence-corrected chi connectivity index (χ2v) is 1.16. The summed E-state index contributed by atoms with van der Waals surface area (Å²) >= 11 is 0. The number of rotatable bonds is 2. The molecule has 0 aromatic carbocycles. The largest absolute Gasteiger partial charge is 0.511 e. The molecule has 7 heavy (non-hydrogen) atoms. The maximum atomic E-state index is 8.59. The summed E-state index contributed by atoms with van der Waals surface area (Å²) in [5.41, 5.74) is 0. The van der Waals surface area contributed by atoms with E-state index in [1.807, 2.05) is 6.92 Å². The van der Waals surface area contributed by atoms with Gasteiger partial charge in [0.05, 0.1) is 6.20 Å². The Bertz CT molecular complexity index is 86.1. The van der Waals surface area contributed by atoms with Gasteiger partial charge in [-0.15, -0.1) is 0 Å². The summed E-state index contributed by atoms with van der Waals surface area (Å²) in [4.78, 5) is 3.34. The number of aliphatic hydroxyl groups is 1. The lowest BCUT2D eigenvalue weighted by Gasteiger charge is -1.85. The molecule has 0 amide bonds. The molecule has 0 aliphatic heterocycles. The van der Waals surface area contributed by atoms with E-state index in [9.17, 15) is 0 Å². The maximum absolute atomic E-state index is 8.59. The molecule has 0 atom stereocenters. The van der Waals surface area contributed by atoms with E-state index in [4.69, 9.17) is 5.11 Å². The summed E-state index contributed by atoms with van der Waals surface area (Å²) < 4.78 is 0. The maximum Gasteiger partial charge on any atom is 0.110 e. The van der Waals surface area contributed by atoms with Crippen molar-refractivity contribution < 1.29 is 5.11 Å². The Morgan fingerprint density at radius 1 is 2.00 bits per heavy atom. The van der Waals surface area contributed by atoms with Crippen molar-refractivity contribution in [2.75, 3.05) is 0 Å². The highest BCUT2D eigenvalue weighted by Crippen LogP contribution is 1.91. The van der Waals surface area contributed by atoms with E-state index in [1.54, 1.807) is 0 Å². The van der Waals surface area contributed by atoms with Crippen LogP contribution in [0.3, 0.4) is 0 Å². The minimum absolute atomic E-state index is 0.273. The van der Waals surface area contributed by atoms with Crippen LogP contribution in [-0.4, -0.2) is 11.8 Å². The first kappa shape index (κ1) is 6.21. The number of hydrogen-bond acceptors (Lipinski definition) is 2. The topological polar surface area (TPSA) is 32.6 Å². The quantitative estimate of drug-likeness (QED) is 0.413. The Morgan fingerprint density at radius 2 is 2.57 bits per heavy atom. The molecule has 0 aromatic heterocycles. The van der Waals surface area contributed by atoms with Gasteiger partial charge < -0.3 is 5.11 Å². The number of allylic oxidation sites excluding steroid dienone is 1. The molecular weight excluding hydrogens is 90.1 g/mol. The van der Waals surface area contributed by atoms with Crippen LogP contribution < -0.4 is 0 Å². The predicted molar refractivity (Wildman–Crippen MR) is 30.6 cm³/mol. The zero-order chi connectivity index (χ0) is 5.70. The van der Waals surface area contributed by atoms with E-state index in [0.717, 1.165) is 0 Å². The molecule has 0 saturated heterocycles. The first-order valence-electron chi connectivity index (χ1n) is 2.15. The minimum atomic E-state index is 0.273. The first-order valence-corrected chi connectivity index (χ1v) is 2.15. The Morgan fingerprint density at radius 3 is 2.71 bits per heavy atom. The Labute approximate surface area is 43.2 Å². The molecule has 0 rings (SSSR count). The van der Waals surface area contributed by atoms with Gasteiger partial charge in [0.1, 0.15) is 5.76 Å². The molecular formula is C5H9NO. The fourth-order valence-corrected chi connectivity index (χ4v) is 0.197. The molecule has 0 bridgehead atoms. The molecule has 0 radical (unpaired) electrons. The molecule has 0 heterocycles. The average molecular weight is 99.1 g/mol. The van der Waals surface area contributed by atoms with Gasteiger partial charge in [-0.1, -0.05) is 6.92 Å². The molecule has 0 saturated carbocycles. The minimum Gasteiger partial charge on any atom is -0.511 e. The summed E-state index contributed by atoms with van der Waals surface area (Å²) in [6.45, 7) is 5.01. The smallest absolute Gasteiger partial charge is 0.110 e. The molecule has 2 heteroatoms. The third-order valence-electron chi connectivity index (χ3n) is 0.603. The molecule has 40 valence electrons. The SMILES string of the molecule is C=N/C=C(/O)CC. The van der Waals surface area contributed by atoms with E-state index in [0.29, 0.717) is 6.42 Å². The average Bonchev–Trinajstić information content (AvgIpc) is 1.68. The number of hydrogen-bond donors (Lipinski definition) is 1. The third kappa shape index (κ3) is 3.03. The van der Waals surface area contributed by atoms with Crippen LogP contribution in [0.1, 0.15) is 13.3 Å². The van der Waals surface area contributed by atoms with Crippen LogP contribution in [0.4, 0.5) is 0 Å². The van der Waals surface area contributed by atoms with E-state index in [1.165, 1.54) is 6.20 Å². The van der Waals surface area contributed by atoms with Crippen molar-refractivity contribution in [2.45, 2.75) is 13.3 Å². The van der Waals surface area contributed by atoms with E-state index < -0.39 is 0 Å². The van der Waals surface area contributed by atoms with Crippen molar-refractivity contribution in [2.24, 2.45) is 4.99 Å². The summed E-state index contributed by atoms with van der Waals surface area (Å²) in [5, 5.41) is 8.59. The number of aliphatic hydroxyl groups excluding tert-OH is 1. The highest BCUT2D eigenvalue weighted by molar-refractivity contribution is 5.25. The van der Waals surface area contributed by atoms with Crippen molar-refractivity contribution in [1.82, 2.24) is 0 Å². The van der Waals surface area contributed by atoms with Crippen molar-refractivity contribution in [3.63, 3.8) is 0 Å². The van der Waals surface area contributed by atoms with Crippen LogP contribution in [0.2, 0.25) is 0 Å². The van der Waals surface area contributed by atoms with Crippen molar-refractivity contribution in [1.29, 1.82) is 0 Å². The summed E-state index contributed by atoms with van der Waals surface area (Å²) in [6, 6.07) is 0. The first-order chi connectivity index (χ1) is 3.31. The van der Waals surface area contributed by atoms with Crippen LogP contribution in [0.5, 0.6) is 0 Å². The Balaban J connectivity index is 3.49. The molecule has 0 spiro atoms. The van der Waals surface area contributed by atoms with E-state index >= 15 is 0 Å². The fraction of sp³-hybridized carbons (Fsp3) is 0.400. The molecule has 2 nitrogen and oxygen atoms in total. The second-order valence-electron chi connectivity index (χ2n) is 1.16. The van der Waals surface area contributed by atoms with Crippen LogP contribution in [0.15, 0.2) is 17.0 Å². The lowest BCUT2D eigenvalue weighted by atomic mass is 10.4. The van der Waals surface area contributed by atoms with Crippen molar-refractivity contribution in [3.8, 4) is 0 Å². The van der Waals surface area contributed by atoms with Gasteiger partial charge in [0.15, 0.2) is 0 Å². The molecule has 0 aromatic rings. The summed E-state index contributed by atoms with van der Waals surface area (Å²) in [6.07, 6.45) is 1.96. The third-order valence-corrected chi connectivity index (χ3v) is 0.603. The molecule has 1 N–H and O–H groups in total. The lowest BCUT2D eigenvalue weighted by molar-refractivity contribution is 0.393. The van der Waals surface area contributed by atoms with Crippen molar-refractivity contribution in [3.05, 3.63) is 12.0 Å². The molecule has 0 aliphatic carbocycles. The monoisotopic (exact) mass is 99.1 g/mol. The summed E-state index contributed by atoms with van der Waals surface area (Å²) in [5.74, 6) is 0.273. The normalized spacial score (nSPS) is 11.3. The molecule has 0 aliphatic rings. The van der Waals surface area contributed by atoms with Crippen LogP contribution in [-0.2, 0) is 0 Å². The number of aliphatic imine (C=N–C) groups is 1. The summed E-state index contributed by atoms with van der Waals surface area (Å²) in [7, 11) is 0.